The van der Waals surface area contributed by atoms with Gasteiger partial charge in [0, 0.05) is 12.7 Å². The minimum absolute atomic E-state index is 0.269. The number of benzene rings is 1. The molecule has 0 amide bonds. The van der Waals surface area contributed by atoms with Crippen LogP contribution in [-0.2, 0) is 11.3 Å². The Labute approximate surface area is 107 Å². The van der Waals surface area contributed by atoms with Crippen molar-refractivity contribution in [3.8, 4) is 0 Å². The first-order valence-electron chi connectivity index (χ1n) is 6.08. The van der Waals surface area contributed by atoms with Crippen LogP contribution in [0.4, 0.5) is 0 Å². The molecule has 2 rings (SSSR count). The van der Waals surface area contributed by atoms with E-state index in [2.05, 4.69) is 31.2 Å². The predicted molar refractivity (Wildman–Crippen MR) is 70.7 cm³/mol. The molecule has 0 aliphatic carbocycles. The van der Waals surface area contributed by atoms with Crippen molar-refractivity contribution in [1.82, 2.24) is 4.57 Å². The van der Waals surface area contributed by atoms with E-state index in [1.54, 1.807) is 6.07 Å². The Morgan fingerprint density at radius 1 is 1.22 bits per heavy atom. The number of hydrogen-bond acceptors (Lipinski definition) is 2. The molecule has 0 atom stereocenters. The summed E-state index contributed by atoms with van der Waals surface area (Å²) in [4.78, 5) is 11.7. The smallest absolute Gasteiger partial charge is 0.354 e. The highest BCUT2D eigenvalue weighted by atomic mass is 16.5. The van der Waals surface area contributed by atoms with Crippen LogP contribution in [0.3, 0.4) is 0 Å². The normalized spacial score (nSPS) is 10.3. The van der Waals surface area contributed by atoms with Crippen molar-refractivity contribution in [2.45, 2.75) is 20.4 Å². The van der Waals surface area contributed by atoms with Gasteiger partial charge in [-0.1, -0.05) is 29.8 Å². The lowest BCUT2D eigenvalue weighted by Crippen LogP contribution is -2.12. The number of nitrogens with zero attached hydrogens (tertiary/aromatic N) is 1. The van der Waals surface area contributed by atoms with E-state index < -0.39 is 0 Å². The lowest BCUT2D eigenvalue weighted by molar-refractivity contribution is 0.0514. The molecule has 3 nitrogen and oxygen atoms in total. The second-order valence-electron chi connectivity index (χ2n) is 4.23. The summed E-state index contributed by atoms with van der Waals surface area (Å²) in [5.74, 6) is -0.269. The summed E-state index contributed by atoms with van der Waals surface area (Å²) in [7, 11) is 0. The molecular formula is C15H17NO2. The van der Waals surface area contributed by atoms with Crippen molar-refractivity contribution in [3.63, 3.8) is 0 Å². The molecule has 0 unspecified atom stereocenters. The molecule has 1 heterocycles. The third kappa shape index (κ3) is 2.80. The number of ether oxygens (including phenoxy) is 1. The van der Waals surface area contributed by atoms with E-state index >= 15 is 0 Å². The summed E-state index contributed by atoms with van der Waals surface area (Å²) in [6, 6.07) is 11.9. The van der Waals surface area contributed by atoms with Crippen LogP contribution in [0.2, 0.25) is 0 Å². The van der Waals surface area contributed by atoms with Crippen molar-refractivity contribution >= 4 is 5.97 Å². The van der Waals surface area contributed by atoms with Gasteiger partial charge in [-0.2, -0.15) is 0 Å². The first-order valence-corrected chi connectivity index (χ1v) is 6.08. The molecule has 0 radical (unpaired) electrons. The molecule has 1 aromatic carbocycles. The van der Waals surface area contributed by atoms with E-state index in [-0.39, 0.29) is 5.97 Å². The number of esters is 1. The van der Waals surface area contributed by atoms with Gasteiger partial charge in [0.05, 0.1) is 6.61 Å². The van der Waals surface area contributed by atoms with Gasteiger partial charge in [0.15, 0.2) is 0 Å². The molecule has 0 aliphatic rings. The van der Waals surface area contributed by atoms with E-state index in [1.165, 1.54) is 11.1 Å². The summed E-state index contributed by atoms with van der Waals surface area (Å²) >= 11 is 0. The van der Waals surface area contributed by atoms with Gasteiger partial charge in [-0.05, 0) is 31.5 Å². The minimum atomic E-state index is -0.269. The van der Waals surface area contributed by atoms with Gasteiger partial charge in [0.1, 0.15) is 5.69 Å². The fraction of sp³-hybridized carbons (Fsp3) is 0.267. The monoisotopic (exact) mass is 243 g/mol. The van der Waals surface area contributed by atoms with Crippen molar-refractivity contribution in [2.75, 3.05) is 6.61 Å². The van der Waals surface area contributed by atoms with Gasteiger partial charge in [0.2, 0.25) is 0 Å². The second kappa shape index (κ2) is 5.54. The lowest BCUT2D eigenvalue weighted by Gasteiger charge is -2.08. The quantitative estimate of drug-likeness (QED) is 0.773. The fourth-order valence-corrected chi connectivity index (χ4v) is 1.83. The van der Waals surface area contributed by atoms with E-state index in [9.17, 15) is 4.79 Å². The molecule has 0 bridgehead atoms. The first-order chi connectivity index (χ1) is 8.70. The van der Waals surface area contributed by atoms with Gasteiger partial charge >= 0.3 is 5.97 Å². The SMILES string of the molecule is CCOC(=O)c1cccn1Cc1ccc(C)cc1. The molecule has 2 aromatic rings. The maximum Gasteiger partial charge on any atom is 0.354 e. The number of rotatable bonds is 4. The van der Waals surface area contributed by atoms with Crippen molar-refractivity contribution in [3.05, 3.63) is 59.4 Å². The lowest BCUT2D eigenvalue weighted by atomic mass is 10.1. The molecule has 0 saturated heterocycles. The van der Waals surface area contributed by atoms with Crippen molar-refractivity contribution in [2.24, 2.45) is 0 Å². The van der Waals surface area contributed by atoms with Gasteiger partial charge in [0.25, 0.3) is 0 Å². The first kappa shape index (κ1) is 12.4. The Balaban J connectivity index is 2.17. The molecule has 94 valence electrons. The van der Waals surface area contributed by atoms with Crippen molar-refractivity contribution < 1.29 is 9.53 Å². The summed E-state index contributed by atoms with van der Waals surface area (Å²) in [5.41, 5.74) is 3.00. The number of aromatic nitrogens is 1. The van der Waals surface area contributed by atoms with E-state index in [4.69, 9.17) is 4.74 Å². The molecule has 0 saturated carbocycles. The predicted octanol–water partition coefficient (Wildman–Crippen LogP) is 3.02. The molecule has 3 heteroatoms. The van der Waals surface area contributed by atoms with Crippen LogP contribution >= 0.6 is 0 Å². The van der Waals surface area contributed by atoms with Crippen LogP contribution in [0.5, 0.6) is 0 Å². The maximum atomic E-state index is 11.7. The average Bonchev–Trinajstić information content (AvgIpc) is 2.81. The van der Waals surface area contributed by atoms with Crippen LogP contribution in [0.1, 0.15) is 28.5 Å². The van der Waals surface area contributed by atoms with Crippen LogP contribution < -0.4 is 0 Å². The Morgan fingerprint density at radius 2 is 1.94 bits per heavy atom. The van der Waals surface area contributed by atoms with E-state index in [0.29, 0.717) is 18.8 Å². The van der Waals surface area contributed by atoms with Gasteiger partial charge in [-0.25, -0.2) is 4.79 Å². The zero-order valence-corrected chi connectivity index (χ0v) is 10.7. The summed E-state index contributed by atoms with van der Waals surface area (Å²) in [6.45, 7) is 4.95. The third-order valence-electron chi connectivity index (χ3n) is 2.79. The summed E-state index contributed by atoms with van der Waals surface area (Å²) in [6.07, 6.45) is 1.89. The highest BCUT2D eigenvalue weighted by Gasteiger charge is 2.11. The molecule has 0 aliphatic heterocycles. The zero-order valence-electron chi connectivity index (χ0n) is 10.7. The average molecular weight is 243 g/mol. The number of hydrogen-bond donors (Lipinski definition) is 0. The zero-order chi connectivity index (χ0) is 13.0. The Morgan fingerprint density at radius 3 is 2.61 bits per heavy atom. The van der Waals surface area contributed by atoms with Gasteiger partial charge < -0.3 is 9.30 Å². The number of aryl methyl sites for hydroxylation is 1. The van der Waals surface area contributed by atoms with Crippen LogP contribution in [0.15, 0.2) is 42.6 Å². The molecule has 0 spiro atoms. The standard InChI is InChI=1S/C15H17NO2/c1-3-18-15(17)14-5-4-10-16(14)11-13-8-6-12(2)7-9-13/h4-10H,3,11H2,1-2H3. The third-order valence-corrected chi connectivity index (χ3v) is 2.79. The molecule has 0 fully saturated rings. The fourth-order valence-electron chi connectivity index (χ4n) is 1.83. The number of carbonyl (C=O) groups excluding carboxylic acids is 1. The van der Waals surface area contributed by atoms with Crippen LogP contribution in [0, 0.1) is 6.92 Å². The Bertz CT molecular complexity index is 526. The van der Waals surface area contributed by atoms with Crippen LogP contribution in [-0.4, -0.2) is 17.1 Å². The van der Waals surface area contributed by atoms with Gasteiger partial charge in [-0.15, -0.1) is 0 Å². The highest BCUT2D eigenvalue weighted by Crippen LogP contribution is 2.10. The molecule has 18 heavy (non-hydrogen) atoms. The van der Waals surface area contributed by atoms with E-state index in [0.717, 1.165) is 0 Å². The molecule has 1 aromatic heterocycles. The van der Waals surface area contributed by atoms with E-state index in [1.807, 2.05) is 23.8 Å². The maximum absolute atomic E-state index is 11.7. The Kier molecular flexibility index (Phi) is 3.82. The highest BCUT2D eigenvalue weighted by molar-refractivity contribution is 5.87. The molecule has 0 N–H and O–H groups in total. The van der Waals surface area contributed by atoms with Gasteiger partial charge in [-0.3, -0.25) is 0 Å². The number of carbonyl (C=O) groups is 1. The van der Waals surface area contributed by atoms with Crippen molar-refractivity contribution in [1.29, 1.82) is 0 Å². The topological polar surface area (TPSA) is 31.2 Å². The Hall–Kier alpha value is -2.03. The second-order valence-corrected chi connectivity index (χ2v) is 4.23. The minimum Gasteiger partial charge on any atom is -0.461 e. The summed E-state index contributed by atoms with van der Waals surface area (Å²) < 4.78 is 6.93. The summed E-state index contributed by atoms with van der Waals surface area (Å²) in [5, 5.41) is 0. The van der Waals surface area contributed by atoms with Crippen LogP contribution in [0.25, 0.3) is 0 Å². The molecular weight excluding hydrogens is 226 g/mol. The largest absolute Gasteiger partial charge is 0.461 e.